The molecule has 1 unspecified atom stereocenters. The first-order valence-corrected chi connectivity index (χ1v) is 11.4. The number of fused-ring (bicyclic) bond motifs is 3. The van der Waals surface area contributed by atoms with Crippen LogP contribution in [0.5, 0.6) is 0 Å². The summed E-state index contributed by atoms with van der Waals surface area (Å²) in [5.74, 6) is 0.552. The Kier molecular flexibility index (Phi) is 6.71. The topological polar surface area (TPSA) is 83.5 Å². The molecule has 3 aliphatic rings. The molecule has 3 saturated carbocycles. The van der Waals surface area contributed by atoms with Crippen LogP contribution in [0.3, 0.4) is 0 Å². The number of sulfonamides is 1. The lowest BCUT2D eigenvalue weighted by atomic mass is 9.61. The van der Waals surface area contributed by atoms with Crippen LogP contribution in [0.2, 0.25) is 0 Å². The van der Waals surface area contributed by atoms with Crippen molar-refractivity contribution in [2.75, 3.05) is 0 Å². The van der Waals surface area contributed by atoms with Crippen molar-refractivity contribution in [1.29, 1.82) is 0 Å². The van der Waals surface area contributed by atoms with Crippen molar-refractivity contribution in [3.8, 4) is 0 Å². The first kappa shape index (κ1) is 20.1. The molecule has 6 heteroatoms. The van der Waals surface area contributed by atoms with Crippen molar-refractivity contribution in [3.05, 3.63) is 42.5 Å². The summed E-state index contributed by atoms with van der Waals surface area (Å²) in [6.45, 7) is 0. The first-order chi connectivity index (χ1) is 13.0. The van der Waals surface area contributed by atoms with Crippen molar-refractivity contribution >= 4 is 16.0 Å². The van der Waals surface area contributed by atoms with Gasteiger partial charge >= 0.3 is 5.97 Å². The number of carboxylic acid groups (broad SMARTS) is 1. The van der Waals surface area contributed by atoms with Gasteiger partial charge in [0.25, 0.3) is 0 Å². The Balaban J connectivity index is 1.65. The Bertz CT molecular complexity index is 752. The van der Waals surface area contributed by atoms with E-state index in [1.807, 2.05) is 12.1 Å². The smallest absolute Gasteiger partial charge is 0.303 e. The van der Waals surface area contributed by atoms with E-state index >= 15 is 0 Å². The molecule has 0 aliphatic heterocycles. The van der Waals surface area contributed by atoms with E-state index in [0.717, 1.165) is 25.7 Å². The maximum Gasteiger partial charge on any atom is 0.303 e. The summed E-state index contributed by atoms with van der Waals surface area (Å²) in [6.07, 6.45) is 11.2. The Labute approximate surface area is 161 Å². The number of nitrogens with one attached hydrogen (secondary N) is 1. The van der Waals surface area contributed by atoms with Crippen LogP contribution >= 0.6 is 0 Å². The van der Waals surface area contributed by atoms with E-state index in [0.29, 0.717) is 29.1 Å². The second-order valence-corrected chi connectivity index (χ2v) is 9.51. The highest BCUT2D eigenvalue weighted by Crippen LogP contribution is 2.47. The molecule has 2 N–H and O–H groups in total. The summed E-state index contributed by atoms with van der Waals surface area (Å²) in [6, 6.07) is 8.59. The lowest BCUT2D eigenvalue weighted by molar-refractivity contribution is -0.137. The zero-order valence-corrected chi connectivity index (χ0v) is 16.4. The molecule has 0 aromatic heterocycles. The molecule has 2 bridgehead atoms. The fourth-order valence-electron chi connectivity index (χ4n) is 4.69. The molecule has 0 radical (unpaired) electrons. The summed E-state index contributed by atoms with van der Waals surface area (Å²) < 4.78 is 28.7. The zero-order chi connectivity index (χ0) is 19.3. The average Bonchev–Trinajstić information content (AvgIpc) is 2.67. The van der Waals surface area contributed by atoms with E-state index < -0.39 is 16.0 Å². The molecule has 148 valence electrons. The molecular weight excluding hydrogens is 362 g/mol. The van der Waals surface area contributed by atoms with Crippen molar-refractivity contribution in [3.63, 3.8) is 0 Å². The van der Waals surface area contributed by atoms with Crippen LogP contribution in [0.25, 0.3) is 0 Å². The summed E-state index contributed by atoms with van der Waals surface area (Å²) >= 11 is 0. The number of unbranched alkanes of at least 4 members (excludes halogenated alkanes) is 1. The van der Waals surface area contributed by atoms with E-state index in [9.17, 15) is 13.2 Å². The van der Waals surface area contributed by atoms with Gasteiger partial charge in [0.15, 0.2) is 0 Å². The molecule has 27 heavy (non-hydrogen) atoms. The zero-order valence-electron chi connectivity index (χ0n) is 15.6. The van der Waals surface area contributed by atoms with Gasteiger partial charge in [0.2, 0.25) is 10.0 Å². The minimum absolute atomic E-state index is 0.00799. The van der Waals surface area contributed by atoms with E-state index in [2.05, 4.69) is 10.8 Å². The number of allylic oxidation sites excluding steroid dienone is 2. The third-order valence-corrected chi connectivity index (χ3v) is 7.55. The molecule has 0 spiro atoms. The number of carboxylic acids is 1. The van der Waals surface area contributed by atoms with Gasteiger partial charge in [-0.1, -0.05) is 30.4 Å². The average molecular weight is 392 g/mol. The molecule has 0 heterocycles. The predicted molar refractivity (Wildman–Crippen MR) is 105 cm³/mol. The van der Waals surface area contributed by atoms with Gasteiger partial charge < -0.3 is 5.11 Å². The highest BCUT2D eigenvalue weighted by Gasteiger charge is 2.44. The van der Waals surface area contributed by atoms with Gasteiger partial charge in [-0.25, -0.2) is 13.1 Å². The van der Waals surface area contributed by atoms with E-state index in [4.69, 9.17) is 5.11 Å². The molecular formula is C21H29NO4S. The predicted octanol–water partition coefficient (Wildman–Crippen LogP) is 3.97. The van der Waals surface area contributed by atoms with Gasteiger partial charge in [0.1, 0.15) is 0 Å². The van der Waals surface area contributed by atoms with Gasteiger partial charge in [0, 0.05) is 12.5 Å². The third kappa shape index (κ3) is 5.20. The molecule has 0 amide bonds. The fraction of sp³-hybridized carbons (Fsp3) is 0.571. The minimum Gasteiger partial charge on any atom is -0.481 e. The standard InChI is InChI=1S/C21H29NO4S/c23-20(24)11-7-2-1-6-10-19-16-12-14-17(15-13-16)21(19)22-27(25,26)18-8-4-3-5-9-18/h1,3-6,8-9,16-17,19,21-22H,2,7,10-15H2,(H,23,24)/b6-1-/t16?,17?,19?,21-/m0/s1. The number of benzene rings is 1. The van der Waals surface area contributed by atoms with Crippen LogP contribution in [-0.4, -0.2) is 25.5 Å². The van der Waals surface area contributed by atoms with Crippen LogP contribution in [0.4, 0.5) is 0 Å². The Morgan fingerprint density at radius 3 is 2.41 bits per heavy atom. The highest BCUT2D eigenvalue weighted by atomic mass is 32.2. The van der Waals surface area contributed by atoms with Gasteiger partial charge in [-0.05, 0) is 74.8 Å². The summed E-state index contributed by atoms with van der Waals surface area (Å²) in [4.78, 5) is 10.9. The van der Waals surface area contributed by atoms with Crippen LogP contribution in [0.15, 0.2) is 47.4 Å². The van der Waals surface area contributed by atoms with Crippen LogP contribution in [0, 0.1) is 17.8 Å². The van der Waals surface area contributed by atoms with Crippen molar-refractivity contribution in [2.45, 2.75) is 62.3 Å². The summed E-state index contributed by atoms with van der Waals surface area (Å²) in [5.41, 5.74) is 0. The van der Waals surface area contributed by atoms with Crippen LogP contribution in [-0.2, 0) is 14.8 Å². The molecule has 0 saturated heterocycles. The number of carbonyl (C=O) groups is 1. The maximum absolute atomic E-state index is 12.8. The number of aliphatic carboxylic acids is 1. The van der Waals surface area contributed by atoms with Crippen LogP contribution in [0.1, 0.15) is 51.4 Å². The lowest BCUT2D eigenvalue weighted by Crippen LogP contribution is -2.53. The van der Waals surface area contributed by atoms with Gasteiger partial charge in [0.05, 0.1) is 4.90 Å². The van der Waals surface area contributed by atoms with Crippen LogP contribution < -0.4 is 4.72 Å². The van der Waals surface area contributed by atoms with Crippen molar-refractivity contribution in [1.82, 2.24) is 4.72 Å². The van der Waals surface area contributed by atoms with E-state index in [1.165, 1.54) is 12.8 Å². The molecule has 4 rings (SSSR count). The second kappa shape index (κ2) is 9.02. The van der Waals surface area contributed by atoms with Gasteiger partial charge in [-0.2, -0.15) is 0 Å². The molecule has 1 aromatic rings. The first-order valence-electron chi connectivity index (χ1n) is 9.91. The van der Waals surface area contributed by atoms with Crippen molar-refractivity contribution < 1.29 is 18.3 Å². The third-order valence-electron chi connectivity index (χ3n) is 6.07. The van der Waals surface area contributed by atoms with E-state index in [-0.39, 0.29) is 12.5 Å². The van der Waals surface area contributed by atoms with Crippen molar-refractivity contribution in [2.24, 2.45) is 17.8 Å². The fourth-order valence-corrected chi connectivity index (χ4v) is 6.06. The maximum atomic E-state index is 12.8. The highest BCUT2D eigenvalue weighted by molar-refractivity contribution is 7.89. The largest absolute Gasteiger partial charge is 0.481 e. The van der Waals surface area contributed by atoms with Gasteiger partial charge in [-0.3, -0.25) is 4.79 Å². The molecule has 3 fully saturated rings. The molecule has 3 aliphatic carbocycles. The van der Waals surface area contributed by atoms with E-state index in [1.54, 1.807) is 24.3 Å². The second-order valence-electron chi connectivity index (χ2n) is 7.79. The summed E-state index contributed by atoms with van der Waals surface area (Å²) in [5, 5.41) is 8.69. The summed E-state index contributed by atoms with van der Waals surface area (Å²) in [7, 11) is -3.50. The molecule has 1 aromatic carbocycles. The molecule has 5 nitrogen and oxygen atoms in total. The number of rotatable bonds is 9. The molecule has 2 atom stereocenters. The minimum atomic E-state index is -3.50. The SMILES string of the molecule is O=C(O)CCC/C=C\CC1C2CCC(CC2)[C@@H]1NS(=O)(=O)c1ccccc1. The Morgan fingerprint density at radius 1 is 1.07 bits per heavy atom. The number of hydrogen-bond acceptors (Lipinski definition) is 3. The number of hydrogen-bond donors (Lipinski definition) is 2. The Hall–Kier alpha value is -1.66. The normalized spacial score (nSPS) is 27.9. The van der Waals surface area contributed by atoms with Gasteiger partial charge in [-0.15, -0.1) is 0 Å². The lowest BCUT2D eigenvalue weighted by Gasteiger charge is -2.48. The quantitative estimate of drug-likeness (QED) is 0.493. The Morgan fingerprint density at radius 2 is 1.74 bits per heavy atom. The monoisotopic (exact) mass is 391 g/mol.